The molecule has 1 aromatic carbocycles. The molecule has 2 aromatic rings. The standard InChI is InChI=1S/C10H10BrNO/c11-9-3-1-2-8-7(4-5-13)6-12-10(8)9/h1-3,6,12-13H,4-5H2. The Hall–Kier alpha value is -0.800. The lowest BCUT2D eigenvalue weighted by atomic mass is 10.1. The first-order valence-corrected chi connectivity index (χ1v) is 4.97. The average molecular weight is 240 g/mol. The Balaban J connectivity index is 2.61. The van der Waals surface area contributed by atoms with E-state index in [0.717, 1.165) is 9.99 Å². The topological polar surface area (TPSA) is 36.0 Å². The number of benzene rings is 1. The summed E-state index contributed by atoms with van der Waals surface area (Å²) >= 11 is 3.47. The van der Waals surface area contributed by atoms with E-state index in [4.69, 9.17) is 5.11 Å². The molecule has 2 N–H and O–H groups in total. The molecule has 0 saturated carbocycles. The Bertz CT molecular complexity index is 422. The van der Waals surface area contributed by atoms with Gasteiger partial charge in [-0.15, -0.1) is 0 Å². The van der Waals surface area contributed by atoms with Gasteiger partial charge in [0.1, 0.15) is 0 Å². The predicted octanol–water partition coefficient (Wildman–Crippen LogP) is 2.47. The van der Waals surface area contributed by atoms with Gasteiger partial charge in [0.05, 0.1) is 5.52 Å². The maximum absolute atomic E-state index is 8.84. The largest absolute Gasteiger partial charge is 0.396 e. The van der Waals surface area contributed by atoms with Crippen LogP contribution in [0.25, 0.3) is 10.9 Å². The summed E-state index contributed by atoms with van der Waals surface area (Å²) in [6.07, 6.45) is 2.65. The van der Waals surface area contributed by atoms with Crippen molar-refractivity contribution in [2.24, 2.45) is 0 Å². The molecule has 0 amide bonds. The van der Waals surface area contributed by atoms with E-state index in [0.29, 0.717) is 6.42 Å². The van der Waals surface area contributed by atoms with E-state index in [1.807, 2.05) is 18.3 Å². The number of aliphatic hydroxyl groups is 1. The van der Waals surface area contributed by atoms with Gasteiger partial charge in [-0.05, 0) is 34.0 Å². The number of hydrogen-bond donors (Lipinski definition) is 2. The summed E-state index contributed by atoms with van der Waals surface area (Å²) in [6.45, 7) is 0.194. The molecule has 68 valence electrons. The van der Waals surface area contributed by atoms with Crippen LogP contribution in [0.1, 0.15) is 5.56 Å². The van der Waals surface area contributed by atoms with E-state index >= 15 is 0 Å². The molecule has 2 rings (SSSR count). The highest BCUT2D eigenvalue weighted by Crippen LogP contribution is 2.25. The molecule has 0 atom stereocenters. The van der Waals surface area contributed by atoms with Crippen LogP contribution in [0.4, 0.5) is 0 Å². The van der Waals surface area contributed by atoms with Crippen LogP contribution in [0.2, 0.25) is 0 Å². The summed E-state index contributed by atoms with van der Waals surface area (Å²) in [5.74, 6) is 0. The van der Waals surface area contributed by atoms with Crippen LogP contribution in [-0.4, -0.2) is 16.7 Å². The second-order valence-corrected chi connectivity index (χ2v) is 3.80. The average Bonchev–Trinajstić information content (AvgIpc) is 2.51. The number of halogens is 1. The Morgan fingerprint density at radius 2 is 2.23 bits per heavy atom. The van der Waals surface area contributed by atoms with Gasteiger partial charge in [0.15, 0.2) is 0 Å². The van der Waals surface area contributed by atoms with Gasteiger partial charge < -0.3 is 10.1 Å². The van der Waals surface area contributed by atoms with Crippen molar-refractivity contribution in [2.45, 2.75) is 6.42 Å². The summed E-state index contributed by atoms with van der Waals surface area (Å²) < 4.78 is 1.06. The van der Waals surface area contributed by atoms with E-state index in [2.05, 4.69) is 27.0 Å². The van der Waals surface area contributed by atoms with Gasteiger partial charge in [0, 0.05) is 22.7 Å². The second kappa shape index (κ2) is 3.52. The third kappa shape index (κ3) is 1.49. The van der Waals surface area contributed by atoms with Crippen molar-refractivity contribution < 1.29 is 5.11 Å². The molecule has 0 bridgehead atoms. The van der Waals surface area contributed by atoms with E-state index in [9.17, 15) is 0 Å². The van der Waals surface area contributed by atoms with Crippen molar-refractivity contribution in [3.63, 3.8) is 0 Å². The molecule has 0 aliphatic rings. The fourth-order valence-corrected chi connectivity index (χ4v) is 1.98. The third-order valence-electron chi connectivity index (χ3n) is 2.13. The molecule has 0 fully saturated rings. The smallest absolute Gasteiger partial charge is 0.0601 e. The number of nitrogens with one attached hydrogen (secondary N) is 1. The van der Waals surface area contributed by atoms with Gasteiger partial charge >= 0.3 is 0 Å². The number of para-hydroxylation sites is 1. The molecule has 1 aromatic heterocycles. The molecule has 0 aliphatic heterocycles. The molecule has 3 heteroatoms. The molecule has 2 nitrogen and oxygen atoms in total. The number of hydrogen-bond acceptors (Lipinski definition) is 1. The Morgan fingerprint density at radius 3 is 3.00 bits per heavy atom. The summed E-state index contributed by atoms with van der Waals surface area (Å²) in [7, 11) is 0. The summed E-state index contributed by atoms with van der Waals surface area (Å²) in [5, 5.41) is 10.0. The fraction of sp³-hybridized carbons (Fsp3) is 0.200. The zero-order valence-electron chi connectivity index (χ0n) is 7.05. The maximum Gasteiger partial charge on any atom is 0.0601 e. The Kier molecular flexibility index (Phi) is 2.38. The molecule has 0 spiro atoms. The minimum Gasteiger partial charge on any atom is -0.396 e. The molecule has 0 aliphatic carbocycles. The molecular formula is C10H10BrNO. The lowest BCUT2D eigenvalue weighted by molar-refractivity contribution is 0.300. The van der Waals surface area contributed by atoms with Crippen molar-refractivity contribution in [3.05, 3.63) is 34.4 Å². The quantitative estimate of drug-likeness (QED) is 0.831. The van der Waals surface area contributed by atoms with Crippen LogP contribution >= 0.6 is 15.9 Å². The SMILES string of the molecule is OCCc1c[nH]c2c(Br)cccc12. The van der Waals surface area contributed by atoms with Crippen molar-refractivity contribution >= 4 is 26.8 Å². The van der Waals surface area contributed by atoms with Crippen LogP contribution in [-0.2, 0) is 6.42 Å². The van der Waals surface area contributed by atoms with Crippen molar-refractivity contribution in [2.75, 3.05) is 6.61 Å². The highest BCUT2D eigenvalue weighted by Gasteiger charge is 2.04. The van der Waals surface area contributed by atoms with E-state index in [1.165, 1.54) is 10.9 Å². The zero-order chi connectivity index (χ0) is 9.26. The Morgan fingerprint density at radius 1 is 1.38 bits per heavy atom. The lowest BCUT2D eigenvalue weighted by Crippen LogP contribution is -1.87. The number of rotatable bonds is 2. The van der Waals surface area contributed by atoms with Crippen molar-refractivity contribution in [1.29, 1.82) is 0 Å². The number of aromatic nitrogens is 1. The minimum atomic E-state index is 0.194. The summed E-state index contributed by atoms with van der Waals surface area (Å²) in [6, 6.07) is 6.06. The zero-order valence-corrected chi connectivity index (χ0v) is 8.63. The minimum absolute atomic E-state index is 0.194. The van der Waals surface area contributed by atoms with E-state index < -0.39 is 0 Å². The van der Waals surface area contributed by atoms with Gasteiger partial charge in [-0.2, -0.15) is 0 Å². The molecule has 0 unspecified atom stereocenters. The van der Waals surface area contributed by atoms with Gasteiger partial charge in [-0.25, -0.2) is 0 Å². The van der Waals surface area contributed by atoms with Crippen LogP contribution in [0.15, 0.2) is 28.9 Å². The molecule has 0 saturated heterocycles. The van der Waals surface area contributed by atoms with Gasteiger partial charge in [0.2, 0.25) is 0 Å². The van der Waals surface area contributed by atoms with Crippen molar-refractivity contribution in [3.8, 4) is 0 Å². The summed E-state index contributed by atoms with van der Waals surface area (Å²) in [5.41, 5.74) is 2.27. The van der Waals surface area contributed by atoms with Crippen molar-refractivity contribution in [1.82, 2.24) is 4.98 Å². The maximum atomic E-state index is 8.84. The highest BCUT2D eigenvalue weighted by molar-refractivity contribution is 9.10. The predicted molar refractivity (Wildman–Crippen MR) is 56.8 cm³/mol. The normalized spacial score (nSPS) is 10.9. The van der Waals surface area contributed by atoms with E-state index in [1.54, 1.807) is 0 Å². The first-order valence-electron chi connectivity index (χ1n) is 4.18. The van der Waals surface area contributed by atoms with Crippen LogP contribution in [0.5, 0.6) is 0 Å². The Labute approximate surface area is 84.7 Å². The number of aliphatic hydroxyl groups excluding tert-OH is 1. The first kappa shape index (κ1) is 8.78. The molecule has 13 heavy (non-hydrogen) atoms. The number of fused-ring (bicyclic) bond motifs is 1. The molecule has 0 radical (unpaired) electrons. The molecular weight excluding hydrogens is 230 g/mol. The van der Waals surface area contributed by atoms with Gasteiger partial charge in [-0.1, -0.05) is 12.1 Å². The lowest BCUT2D eigenvalue weighted by Gasteiger charge is -1.96. The van der Waals surface area contributed by atoms with Crippen LogP contribution in [0.3, 0.4) is 0 Å². The summed E-state index contributed by atoms with van der Waals surface area (Å²) in [4.78, 5) is 3.18. The second-order valence-electron chi connectivity index (χ2n) is 2.95. The molecule has 1 heterocycles. The number of aromatic amines is 1. The van der Waals surface area contributed by atoms with E-state index in [-0.39, 0.29) is 6.61 Å². The third-order valence-corrected chi connectivity index (χ3v) is 2.79. The highest BCUT2D eigenvalue weighted by atomic mass is 79.9. The van der Waals surface area contributed by atoms with Gasteiger partial charge in [0.25, 0.3) is 0 Å². The number of H-pyrrole nitrogens is 1. The fourth-order valence-electron chi connectivity index (χ4n) is 1.50. The first-order chi connectivity index (χ1) is 6.33. The monoisotopic (exact) mass is 239 g/mol. The van der Waals surface area contributed by atoms with Crippen LogP contribution in [0, 0.1) is 0 Å². The van der Waals surface area contributed by atoms with Crippen LogP contribution < -0.4 is 0 Å². The van der Waals surface area contributed by atoms with Gasteiger partial charge in [-0.3, -0.25) is 0 Å².